The molecule has 0 unspecified atom stereocenters. The maximum absolute atomic E-state index is 13.3. The fourth-order valence-corrected chi connectivity index (χ4v) is 5.48. The Hall–Kier alpha value is -3.56. The Morgan fingerprint density at radius 2 is 1.74 bits per heavy atom. The van der Waals surface area contributed by atoms with Gasteiger partial charge in [0.2, 0.25) is 10.0 Å². The molecule has 1 heterocycles. The molecule has 0 saturated carbocycles. The molecule has 182 valence electrons. The monoisotopic (exact) mass is 494 g/mol. The largest absolute Gasteiger partial charge is 0.348 e. The Labute approximate surface area is 204 Å². The molecular weight excluding hydrogens is 467 g/mol. The molecule has 35 heavy (non-hydrogen) atoms. The molecule has 1 amide bonds. The summed E-state index contributed by atoms with van der Waals surface area (Å²) in [5.41, 5.74) is 2.67. The molecule has 3 aromatic carbocycles. The molecule has 9 heteroatoms. The van der Waals surface area contributed by atoms with E-state index in [-0.39, 0.29) is 23.2 Å². The van der Waals surface area contributed by atoms with Gasteiger partial charge < -0.3 is 5.32 Å². The molecule has 1 aromatic heterocycles. The Bertz CT molecular complexity index is 1430. The summed E-state index contributed by atoms with van der Waals surface area (Å²) in [6.07, 6.45) is 2.36. The van der Waals surface area contributed by atoms with Crippen LogP contribution in [0.3, 0.4) is 0 Å². The number of fused-ring (bicyclic) bond motifs is 1. The summed E-state index contributed by atoms with van der Waals surface area (Å²) < 4.78 is 42.0. The maximum Gasteiger partial charge on any atom is 0.252 e. The molecule has 0 aliphatic heterocycles. The number of sulfonamides is 1. The van der Waals surface area contributed by atoms with Crippen molar-refractivity contribution < 1.29 is 17.6 Å². The van der Waals surface area contributed by atoms with Gasteiger partial charge in [-0.15, -0.1) is 0 Å². The Balaban J connectivity index is 1.49. The molecule has 0 aliphatic carbocycles. The van der Waals surface area contributed by atoms with Crippen molar-refractivity contribution in [2.24, 2.45) is 0 Å². The van der Waals surface area contributed by atoms with Gasteiger partial charge in [-0.2, -0.15) is 9.40 Å². The van der Waals surface area contributed by atoms with E-state index >= 15 is 0 Å². The van der Waals surface area contributed by atoms with Crippen molar-refractivity contribution in [1.82, 2.24) is 19.4 Å². The van der Waals surface area contributed by atoms with Gasteiger partial charge >= 0.3 is 0 Å². The van der Waals surface area contributed by atoms with E-state index < -0.39 is 10.0 Å². The molecule has 4 rings (SSSR count). The van der Waals surface area contributed by atoms with Crippen LogP contribution in [-0.4, -0.2) is 41.5 Å². The molecule has 0 radical (unpaired) electrons. The van der Waals surface area contributed by atoms with Crippen LogP contribution in [-0.2, 0) is 16.6 Å². The lowest BCUT2D eigenvalue weighted by atomic mass is 10.1. The van der Waals surface area contributed by atoms with Gasteiger partial charge in [0.05, 0.1) is 27.9 Å². The zero-order valence-corrected chi connectivity index (χ0v) is 20.4. The highest BCUT2D eigenvalue weighted by molar-refractivity contribution is 7.89. The van der Waals surface area contributed by atoms with E-state index in [1.807, 2.05) is 19.9 Å². The maximum atomic E-state index is 13.3. The number of benzene rings is 3. The fraction of sp³-hybridized carbons (Fsp3) is 0.231. The lowest BCUT2D eigenvalue weighted by Crippen LogP contribution is -2.31. The van der Waals surface area contributed by atoms with Gasteiger partial charge in [-0.1, -0.05) is 32.0 Å². The van der Waals surface area contributed by atoms with Crippen LogP contribution in [0.5, 0.6) is 0 Å². The van der Waals surface area contributed by atoms with Gasteiger partial charge in [0.25, 0.3) is 5.91 Å². The average Bonchev–Trinajstić information content (AvgIpc) is 3.30. The normalized spacial score (nSPS) is 11.8. The van der Waals surface area contributed by atoms with Crippen molar-refractivity contribution in [2.75, 3.05) is 13.1 Å². The lowest BCUT2D eigenvalue weighted by Gasteiger charge is -2.19. The molecular formula is C26H27FN4O3S. The highest BCUT2D eigenvalue weighted by Crippen LogP contribution is 2.22. The molecule has 7 nitrogen and oxygen atoms in total. The van der Waals surface area contributed by atoms with Gasteiger partial charge in [0, 0.05) is 25.0 Å². The third-order valence-electron chi connectivity index (χ3n) is 5.77. The number of aromatic nitrogens is 2. The van der Waals surface area contributed by atoms with Crippen molar-refractivity contribution in [3.63, 3.8) is 0 Å². The molecule has 4 aromatic rings. The Kier molecular flexibility index (Phi) is 7.28. The van der Waals surface area contributed by atoms with Gasteiger partial charge in [0.1, 0.15) is 5.82 Å². The second-order valence-electron chi connectivity index (χ2n) is 8.09. The Morgan fingerprint density at radius 1 is 1.03 bits per heavy atom. The number of amides is 1. The van der Waals surface area contributed by atoms with E-state index in [0.717, 1.165) is 17.5 Å². The van der Waals surface area contributed by atoms with E-state index in [1.54, 1.807) is 59.4 Å². The fourth-order valence-electron chi connectivity index (χ4n) is 3.94. The quantitative estimate of drug-likeness (QED) is 0.371. The third kappa shape index (κ3) is 5.11. The second-order valence-corrected chi connectivity index (χ2v) is 10.0. The van der Waals surface area contributed by atoms with Gasteiger partial charge in [-0.05, 0) is 60.5 Å². The first-order valence-electron chi connectivity index (χ1n) is 11.4. The van der Waals surface area contributed by atoms with Crippen LogP contribution in [0.4, 0.5) is 4.39 Å². The van der Waals surface area contributed by atoms with Crippen LogP contribution < -0.4 is 5.32 Å². The summed E-state index contributed by atoms with van der Waals surface area (Å²) >= 11 is 0. The van der Waals surface area contributed by atoms with E-state index in [2.05, 4.69) is 10.4 Å². The Morgan fingerprint density at radius 3 is 2.40 bits per heavy atom. The third-order valence-corrected chi connectivity index (χ3v) is 7.76. The standard InChI is InChI=1S/C26H27FN4O3S/c1-3-16-30(4-2)35(33,34)22-14-8-19(9-15-22)17-28-26(32)23-6-5-7-25-24(23)18-29-31(25)21-12-10-20(27)11-13-21/h5-15,18H,3-4,16-17H2,1-2H3,(H,28,32). The molecule has 0 aliphatic rings. The van der Waals surface area contributed by atoms with Crippen molar-refractivity contribution >= 4 is 26.8 Å². The molecule has 0 atom stereocenters. The highest BCUT2D eigenvalue weighted by atomic mass is 32.2. The van der Waals surface area contributed by atoms with Gasteiger partial charge in [-0.3, -0.25) is 4.79 Å². The molecule has 0 bridgehead atoms. The predicted molar refractivity (Wildman–Crippen MR) is 133 cm³/mol. The van der Waals surface area contributed by atoms with Crippen molar-refractivity contribution in [2.45, 2.75) is 31.7 Å². The van der Waals surface area contributed by atoms with Crippen molar-refractivity contribution in [3.05, 3.63) is 89.9 Å². The van der Waals surface area contributed by atoms with E-state index in [9.17, 15) is 17.6 Å². The topological polar surface area (TPSA) is 84.3 Å². The number of carbonyl (C=O) groups is 1. The number of hydrogen-bond acceptors (Lipinski definition) is 4. The molecule has 1 N–H and O–H groups in total. The lowest BCUT2D eigenvalue weighted by molar-refractivity contribution is 0.0952. The number of nitrogens with one attached hydrogen (secondary N) is 1. The van der Waals surface area contributed by atoms with Crippen LogP contribution in [0.25, 0.3) is 16.6 Å². The first-order valence-corrected chi connectivity index (χ1v) is 12.9. The van der Waals surface area contributed by atoms with E-state index in [0.29, 0.717) is 29.7 Å². The van der Waals surface area contributed by atoms with Gasteiger partial charge in [0.15, 0.2) is 0 Å². The first kappa shape index (κ1) is 24.6. The minimum Gasteiger partial charge on any atom is -0.348 e. The average molecular weight is 495 g/mol. The van der Waals surface area contributed by atoms with Crippen LogP contribution in [0.2, 0.25) is 0 Å². The molecule has 0 fully saturated rings. The summed E-state index contributed by atoms with van der Waals surface area (Å²) in [7, 11) is -3.54. The van der Waals surface area contributed by atoms with Crippen LogP contribution in [0, 0.1) is 5.82 Å². The predicted octanol–water partition coefficient (Wildman–Crippen LogP) is 4.52. The van der Waals surface area contributed by atoms with Crippen LogP contribution in [0.1, 0.15) is 36.2 Å². The zero-order valence-electron chi connectivity index (χ0n) is 19.6. The van der Waals surface area contributed by atoms with Gasteiger partial charge in [-0.25, -0.2) is 17.5 Å². The van der Waals surface area contributed by atoms with E-state index in [1.165, 1.54) is 16.4 Å². The van der Waals surface area contributed by atoms with E-state index in [4.69, 9.17) is 0 Å². The number of carbonyl (C=O) groups excluding carboxylic acids is 1. The number of nitrogens with zero attached hydrogens (tertiary/aromatic N) is 3. The number of rotatable bonds is 9. The summed E-state index contributed by atoms with van der Waals surface area (Å²) in [6, 6.07) is 17.9. The SMILES string of the molecule is CCCN(CC)S(=O)(=O)c1ccc(CNC(=O)c2cccc3c2cnn3-c2ccc(F)cc2)cc1. The smallest absolute Gasteiger partial charge is 0.252 e. The second kappa shape index (κ2) is 10.4. The van der Waals surface area contributed by atoms with Crippen LogP contribution in [0.15, 0.2) is 77.8 Å². The minimum atomic E-state index is -3.54. The summed E-state index contributed by atoms with van der Waals surface area (Å²) in [4.78, 5) is 13.2. The van der Waals surface area contributed by atoms with Crippen molar-refractivity contribution in [1.29, 1.82) is 0 Å². The molecule has 0 spiro atoms. The minimum absolute atomic E-state index is 0.237. The van der Waals surface area contributed by atoms with Crippen LogP contribution >= 0.6 is 0 Å². The summed E-state index contributed by atoms with van der Waals surface area (Å²) in [5, 5.41) is 7.94. The zero-order chi connectivity index (χ0) is 25.0. The highest BCUT2D eigenvalue weighted by Gasteiger charge is 2.22. The number of hydrogen-bond donors (Lipinski definition) is 1. The summed E-state index contributed by atoms with van der Waals surface area (Å²) in [5.74, 6) is -0.606. The number of halogens is 1. The first-order chi connectivity index (χ1) is 16.8. The molecule has 0 saturated heterocycles. The summed E-state index contributed by atoms with van der Waals surface area (Å²) in [6.45, 7) is 4.89. The van der Waals surface area contributed by atoms with Crippen molar-refractivity contribution in [3.8, 4) is 5.69 Å².